The molecule has 0 radical (unpaired) electrons. The second-order valence-electron chi connectivity index (χ2n) is 5.21. The third-order valence-electron chi connectivity index (χ3n) is 3.87. The van der Waals surface area contributed by atoms with Crippen LogP contribution in [0.5, 0.6) is 0 Å². The van der Waals surface area contributed by atoms with E-state index in [1.54, 1.807) is 0 Å². The van der Waals surface area contributed by atoms with Gasteiger partial charge in [0.15, 0.2) is 0 Å². The van der Waals surface area contributed by atoms with Gasteiger partial charge in [-0.15, -0.1) is 0 Å². The number of aryl methyl sites for hydroxylation is 1. The molecule has 4 heteroatoms. The molecule has 1 aromatic heterocycles. The van der Waals surface area contributed by atoms with Crippen molar-refractivity contribution in [1.29, 1.82) is 0 Å². The number of aromatic nitrogens is 2. The molecule has 1 aliphatic heterocycles. The van der Waals surface area contributed by atoms with Crippen LogP contribution in [0.1, 0.15) is 60.9 Å². The summed E-state index contributed by atoms with van der Waals surface area (Å²) in [7, 11) is 0. The van der Waals surface area contributed by atoms with Crippen molar-refractivity contribution in [3.63, 3.8) is 0 Å². The molecule has 2 heterocycles. The summed E-state index contributed by atoms with van der Waals surface area (Å²) in [6, 6.07) is 0. The molecule has 0 spiro atoms. The van der Waals surface area contributed by atoms with Gasteiger partial charge in [-0.3, -0.25) is 0 Å². The lowest BCUT2D eigenvalue weighted by Gasteiger charge is -2.21. The molecule has 1 fully saturated rings. The molecule has 1 unspecified atom stereocenters. The number of nitrogens with zero attached hydrogens (tertiary/aromatic N) is 2. The van der Waals surface area contributed by atoms with Crippen LogP contribution in [0, 0.1) is 0 Å². The van der Waals surface area contributed by atoms with Crippen molar-refractivity contribution < 1.29 is 0 Å². The fourth-order valence-electron chi connectivity index (χ4n) is 2.83. The summed E-state index contributed by atoms with van der Waals surface area (Å²) in [4.78, 5) is 9.43. The predicted molar refractivity (Wildman–Crippen MR) is 77.4 cm³/mol. The average molecular weight is 283 g/mol. The van der Waals surface area contributed by atoms with E-state index >= 15 is 0 Å². The molecule has 3 rings (SSSR count). The molecule has 98 valence electrons. The van der Waals surface area contributed by atoms with Gasteiger partial charge in [-0.2, -0.15) is 11.8 Å². The van der Waals surface area contributed by atoms with Crippen LogP contribution in [0.2, 0.25) is 5.15 Å². The van der Waals surface area contributed by atoms with E-state index in [1.807, 2.05) is 11.8 Å². The maximum Gasteiger partial charge on any atom is 0.143 e. The number of halogens is 1. The molecule has 0 bridgehead atoms. The summed E-state index contributed by atoms with van der Waals surface area (Å²) in [5.41, 5.74) is 2.45. The molecule has 0 aromatic carbocycles. The van der Waals surface area contributed by atoms with Crippen molar-refractivity contribution in [2.45, 2.75) is 56.6 Å². The van der Waals surface area contributed by atoms with Crippen LogP contribution in [0.25, 0.3) is 0 Å². The van der Waals surface area contributed by atoms with E-state index in [2.05, 4.69) is 4.98 Å². The monoisotopic (exact) mass is 282 g/mol. The average Bonchev–Trinajstić information content (AvgIpc) is 2.65. The van der Waals surface area contributed by atoms with Gasteiger partial charge in [-0.25, -0.2) is 9.97 Å². The van der Waals surface area contributed by atoms with Crippen molar-refractivity contribution >= 4 is 23.4 Å². The highest BCUT2D eigenvalue weighted by Gasteiger charge is 2.22. The Bertz CT molecular complexity index is 430. The van der Waals surface area contributed by atoms with Gasteiger partial charge in [-0.05, 0) is 44.3 Å². The van der Waals surface area contributed by atoms with E-state index in [-0.39, 0.29) is 0 Å². The standard InChI is InChI=1S/C14H19ClN2S/c15-13-10-6-2-1-3-7-11(10)16-14(17-13)12-8-4-5-9-18-12/h12H,1-9H2. The van der Waals surface area contributed by atoms with Crippen LogP contribution in [0.4, 0.5) is 0 Å². The molecule has 1 saturated heterocycles. The summed E-state index contributed by atoms with van der Waals surface area (Å²) in [5.74, 6) is 2.23. The Hall–Kier alpha value is -0.280. The highest BCUT2D eigenvalue weighted by molar-refractivity contribution is 7.99. The van der Waals surface area contributed by atoms with E-state index in [0.717, 1.165) is 23.8 Å². The fraction of sp³-hybridized carbons (Fsp3) is 0.714. The molecule has 1 aromatic rings. The second-order valence-corrected chi connectivity index (χ2v) is 6.88. The molecule has 2 aliphatic rings. The Kier molecular flexibility index (Phi) is 4.10. The van der Waals surface area contributed by atoms with E-state index in [0.29, 0.717) is 5.25 Å². The smallest absolute Gasteiger partial charge is 0.143 e. The normalized spacial score (nSPS) is 24.4. The van der Waals surface area contributed by atoms with Crippen LogP contribution in [0.15, 0.2) is 0 Å². The molecule has 1 atom stereocenters. The van der Waals surface area contributed by atoms with Gasteiger partial charge in [-0.1, -0.05) is 24.4 Å². The summed E-state index contributed by atoms with van der Waals surface area (Å²) in [5, 5.41) is 1.20. The van der Waals surface area contributed by atoms with Crippen LogP contribution in [-0.2, 0) is 12.8 Å². The molecule has 0 N–H and O–H groups in total. The first kappa shape index (κ1) is 12.7. The van der Waals surface area contributed by atoms with Gasteiger partial charge in [0.25, 0.3) is 0 Å². The van der Waals surface area contributed by atoms with Crippen molar-refractivity contribution in [3.8, 4) is 0 Å². The highest BCUT2D eigenvalue weighted by Crippen LogP contribution is 2.38. The van der Waals surface area contributed by atoms with Crippen LogP contribution in [0.3, 0.4) is 0 Å². The molecular formula is C14H19ClN2S. The summed E-state index contributed by atoms with van der Waals surface area (Å²) < 4.78 is 0. The van der Waals surface area contributed by atoms with Crippen molar-refractivity contribution in [2.75, 3.05) is 5.75 Å². The Morgan fingerprint density at radius 2 is 1.89 bits per heavy atom. The zero-order valence-corrected chi connectivity index (χ0v) is 12.2. The van der Waals surface area contributed by atoms with Gasteiger partial charge < -0.3 is 0 Å². The highest BCUT2D eigenvalue weighted by atomic mass is 35.5. The topological polar surface area (TPSA) is 25.8 Å². The fourth-order valence-corrected chi connectivity index (χ4v) is 4.36. The van der Waals surface area contributed by atoms with E-state index < -0.39 is 0 Å². The van der Waals surface area contributed by atoms with Crippen LogP contribution >= 0.6 is 23.4 Å². The third kappa shape index (κ3) is 2.67. The first-order valence-electron chi connectivity index (χ1n) is 7.01. The maximum atomic E-state index is 6.38. The van der Waals surface area contributed by atoms with Crippen LogP contribution in [-0.4, -0.2) is 15.7 Å². The largest absolute Gasteiger partial charge is 0.236 e. The minimum absolute atomic E-state index is 0.477. The van der Waals surface area contributed by atoms with Crippen molar-refractivity contribution in [1.82, 2.24) is 9.97 Å². The SMILES string of the molecule is Clc1nc(C2CCCCS2)nc2c1CCCCC2. The Balaban J connectivity index is 1.91. The first-order chi connectivity index (χ1) is 8.84. The quantitative estimate of drug-likeness (QED) is 0.565. The Morgan fingerprint density at radius 3 is 2.72 bits per heavy atom. The van der Waals surface area contributed by atoms with Gasteiger partial charge in [0.2, 0.25) is 0 Å². The van der Waals surface area contributed by atoms with E-state index in [4.69, 9.17) is 16.6 Å². The second kappa shape index (κ2) is 5.79. The third-order valence-corrected chi connectivity index (χ3v) is 5.55. The first-order valence-corrected chi connectivity index (χ1v) is 8.44. The number of thioether (sulfide) groups is 1. The lowest BCUT2D eigenvalue weighted by molar-refractivity contribution is 0.655. The Labute approximate surface area is 118 Å². The summed E-state index contributed by atoms with van der Waals surface area (Å²) in [6.07, 6.45) is 9.76. The van der Waals surface area contributed by atoms with E-state index in [9.17, 15) is 0 Å². The van der Waals surface area contributed by atoms with Gasteiger partial charge in [0, 0.05) is 11.3 Å². The van der Waals surface area contributed by atoms with Gasteiger partial charge in [0.1, 0.15) is 11.0 Å². The molecule has 1 aliphatic carbocycles. The molecule has 0 amide bonds. The number of fused-ring (bicyclic) bond motifs is 1. The lowest BCUT2D eigenvalue weighted by atomic mass is 10.1. The zero-order chi connectivity index (χ0) is 12.4. The molecule has 2 nitrogen and oxygen atoms in total. The Morgan fingerprint density at radius 1 is 1.00 bits per heavy atom. The predicted octanol–water partition coefficient (Wildman–Crippen LogP) is 4.36. The summed E-state index contributed by atoms with van der Waals surface area (Å²) >= 11 is 8.38. The van der Waals surface area contributed by atoms with Gasteiger partial charge >= 0.3 is 0 Å². The molecule has 18 heavy (non-hydrogen) atoms. The molecular weight excluding hydrogens is 264 g/mol. The maximum absolute atomic E-state index is 6.38. The van der Waals surface area contributed by atoms with Crippen molar-refractivity contribution in [2.24, 2.45) is 0 Å². The summed E-state index contributed by atoms with van der Waals surface area (Å²) in [6.45, 7) is 0. The lowest BCUT2D eigenvalue weighted by Crippen LogP contribution is -2.10. The molecule has 0 saturated carbocycles. The minimum Gasteiger partial charge on any atom is -0.236 e. The zero-order valence-electron chi connectivity index (χ0n) is 10.6. The van der Waals surface area contributed by atoms with Crippen molar-refractivity contribution in [3.05, 3.63) is 22.2 Å². The minimum atomic E-state index is 0.477. The number of rotatable bonds is 1. The number of hydrogen-bond acceptors (Lipinski definition) is 3. The van der Waals surface area contributed by atoms with Gasteiger partial charge in [0.05, 0.1) is 5.25 Å². The van der Waals surface area contributed by atoms with E-state index in [1.165, 1.54) is 55.5 Å². The van der Waals surface area contributed by atoms with Crippen LogP contribution < -0.4 is 0 Å². The number of hydrogen-bond donors (Lipinski definition) is 0.